The van der Waals surface area contributed by atoms with Gasteiger partial charge in [-0.2, -0.15) is 0 Å². The van der Waals surface area contributed by atoms with Crippen LogP contribution in [0.25, 0.3) is 0 Å². The largest absolute Gasteiger partial charge is 0.342 e. The van der Waals surface area contributed by atoms with Crippen LogP contribution < -0.4 is 5.32 Å². The Labute approximate surface area is 131 Å². The summed E-state index contributed by atoms with van der Waals surface area (Å²) < 4.78 is 0. The molecule has 1 N–H and O–H groups in total. The first-order valence-electron chi connectivity index (χ1n) is 8.74. The fourth-order valence-electron chi connectivity index (χ4n) is 3.55. The minimum absolute atomic E-state index is 0.310. The molecule has 0 bridgehead atoms. The van der Waals surface area contributed by atoms with Gasteiger partial charge in [0.2, 0.25) is 5.91 Å². The normalized spacial score (nSPS) is 25.0. The third kappa shape index (κ3) is 6.82. The van der Waals surface area contributed by atoms with Gasteiger partial charge in [-0.25, -0.2) is 0 Å². The number of piperidine rings is 1. The lowest BCUT2D eigenvalue weighted by atomic mass is 9.84. The number of likely N-dealkylation sites (tertiary alicyclic amines) is 1. The van der Waals surface area contributed by atoms with Gasteiger partial charge in [0.1, 0.15) is 0 Å². The van der Waals surface area contributed by atoms with Gasteiger partial charge in [-0.05, 0) is 43.1 Å². The zero-order valence-electron chi connectivity index (χ0n) is 15.0. The third-order valence-electron chi connectivity index (χ3n) is 4.40. The molecule has 3 nitrogen and oxygen atoms in total. The van der Waals surface area contributed by atoms with Gasteiger partial charge in [-0.1, -0.05) is 41.5 Å². The molecule has 0 radical (unpaired) electrons. The number of nitrogens with zero attached hydrogens (tertiary/aromatic N) is 1. The summed E-state index contributed by atoms with van der Waals surface area (Å²) >= 11 is 0. The van der Waals surface area contributed by atoms with Gasteiger partial charge in [0.25, 0.3) is 0 Å². The van der Waals surface area contributed by atoms with Crippen molar-refractivity contribution in [2.24, 2.45) is 17.3 Å². The van der Waals surface area contributed by atoms with Crippen LogP contribution in [0.4, 0.5) is 0 Å². The number of hydrogen-bond donors (Lipinski definition) is 1. The lowest BCUT2D eigenvalue weighted by Crippen LogP contribution is -2.50. The third-order valence-corrected chi connectivity index (χ3v) is 4.40. The van der Waals surface area contributed by atoms with E-state index in [1.165, 1.54) is 6.42 Å². The van der Waals surface area contributed by atoms with Crippen LogP contribution in [0.5, 0.6) is 0 Å². The van der Waals surface area contributed by atoms with Gasteiger partial charge in [-0.15, -0.1) is 0 Å². The molecule has 1 saturated heterocycles. The molecule has 0 aromatic carbocycles. The second kappa shape index (κ2) is 8.17. The molecule has 0 aromatic heterocycles. The van der Waals surface area contributed by atoms with Gasteiger partial charge in [0.15, 0.2) is 0 Å². The van der Waals surface area contributed by atoms with Crippen LogP contribution in [-0.4, -0.2) is 36.5 Å². The minimum Gasteiger partial charge on any atom is -0.342 e. The first kappa shape index (κ1) is 18.5. The van der Waals surface area contributed by atoms with Gasteiger partial charge in [0.05, 0.1) is 0 Å². The number of nitrogens with one attached hydrogen (secondary N) is 1. The van der Waals surface area contributed by atoms with Crippen molar-refractivity contribution in [3.8, 4) is 0 Å². The van der Waals surface area contributed by atoms with Crippen LogP contribution in [0, 0.1) is 17.3 Å². The first-order valence-corrected chi connectivity index (χ1v) is 8.74. The van der Waals surface area contributed by atoms with Crippen LogP contribution in [0.1, 0.15) is 67.2 Å². The Morgan fingerprint density at radius 2 is 2.05 bits per heavy atom. The van der Waals surface area contributed by atoms with Gasteiger partial charge < -0.3 is 10.2 Å². The molecule has 1 rings (SSSR count). The number of rotatable bonds is 6. The van der Waals surface area contributed by atoms with E-state index in [0.717, 1.165) is 32.5 Å². The Morgan fingerprint density at radius 1 is 1.38 bits per heavy atom. The molecule has 1 heterocycles. The van der Waals surface area contributed by atoms with Crippen molar-refractivity contribution in [1.29, 1.82) is 0 Å². The van der Waals surface area contributed by atoms with E-state index in [1.54, 1.807) is 0 Å². The summed E-state index contributed by atoms with van der Waals surface area (Å²) in [5.74, 6) is 1.39. The Balaban J connectivity index is 2.40. The Morgan fingerprint density at radius 3 is 2.57 bits per heavy atom. The molecule has 0 saturated carbocycles. The molecule has 0 spiro atoms. The highest BCUT2D eigenvalue weighted by Gasteiger charge is 2.29. The standard InChI is InChI=1S/C18H36N2O/c1-7-9-19-16-8-10-20(13-15(16)3)17(21)11-14(2)12-18(4,5)6/h14-16,19H,7-13H2,1-6H3. The fourth-order valence-corrected chi connectivity index (χ4v) is 3.55. The average molecular weight is 296 g/mol. The molecular formula is C18H36N2O. The van der Waals surface area contributed by atoms with Crippen LogP contribution >= 0.6 is 0 Å². The predicted octanol–water partition coefficient (Wildman–Crippen LogP) is 3.69. The van der Waals surface area contributed by atoms with E-state index in [2.05, 4.69) is 51.8 Å². The van der Waals surface area contributed by atoms with Gasteiger partial charge in [-0.3, -0.25) is 4.79 Å². The van der Waals surface area contributed by atoms with Crippen molar-refractivity contribution in [2.45, 2.75) is 73.3 Å². The second-order valence-corrected chi connectivity index (χ2v) is 8.24. The van der Waals surface area contributed by atoms with E-state index < -0.39 is 0 Å². The van der Waals surface area contributed by atoms with Crippen molar-refractivity contribution >= 4 is 5.91 Å². The lowest BCUT2D eigenvalue weighted by molar-refractivity contribution is -0.134. The summed E-state index contributed by atoms with van der Waals surface area (Å²) in [4.78, 5) is 14.6. The maximum absolute atomic E-state index is 12.5. The van der Waals surface area contributed by atoms with Crippen molar-refractivity contribution in [1.82, 2.24) is 10.2 Å². The minimum atomic E-state index is 0.310. The molecule has 1 amide bonds. The van der Waals surface area contributed by atoms with Crippen LogP contribution in [0.3, 0.4) is 0 Å². The highest BCUT2D eigenvalue weighted by atomic mass is 16.2. The maximum atomic E-state index is 12.5. The van der Waals surface area contributed by atoms with E-state index in [9.17, 15) is 4.79 Å². The summed E-state index contributed by atoms with van der Waals surface area (Å²) in [6.07, 6.45) is 4.09. The van der Waals surface area contributed by atoms with E-state index >= 15 is 0 Å². The zero-order chi connectivity index (χ0) is 16.0. The number of hydrogen-bond acceptors (Lipinski definition) is 2. The summed E-state index contributed by atoms with van der Waals surface area (Å²) in [5, 5.41) is 3.61. The van der Waals surface area contributed by atoms with Crippen molar-refractivity contribution in [3.05, 3.63) is 0 Å². The van der Waals surface area contributed by atoms with E-state index in [1.807, 2.05) is 0 Å². The highest BCUT2D eigenvalue weighted by molar-refractivity contribution is 5.76. The fraction of sp³-hybridized carbons (Fsp3) is 0.944. The van der Waals surface area contributed by atoms with Crippen LogP contribution in [-0.2, 0) is 4.79 Å². The zero-order valence-corrected chi connectivity index (χ0v) is 15.0. The monoisotopic (exact) mass is 296 g/mol. The quantitative estimate of drug-likeness (QED) is 0.811. The SMILES string of the molecule is CCCNC1CCN(C(=O)CC(C)CC(C)(C)C)CC1C. The molecule has 1 fully saturated rings. The topological polar surface area (TPSA) is 32.3 Å². The number of carbonyl (C=O) groups is 1. The summed E-state index contributed by atoms with van der Waals surface area (Å²) in [6.45, 7) is 16.4. The predicted molar refractivity (Wildman–Crippen MR) is 90.3 cm³/mol. The molecule has 3 atom stereocenters. The molecule has 3 unspecified atom stereocenters. The average Bonchev–Trinajstić information content (AvgIpc) is 2.34. The molecular weight excluding hydrogens is 260 g/mol. The maximum Gasteiger partial charge on any atom is 0.222 e. The van der Waals surface area contributed by atoms with Gasteiger partial charge >= 0.3 is 0 Å². The molecule has 1 aliphatic rings. The van der Waals surface area contributed by atoms with Crippen molar-refractivity contribution in [2.75, 3.05) is 19.6 Å². The number of amides is 1. The second-order valence-electron chi connectivity index (χ2n) is 8.24. The van der Waals surface area contributed by atoms with E-state index in [-0.39, 0.29) is 0 Å². The molecule has 3 heteroatoms. The van der Waals surface area contributed by atoms with E-state index in [0.29, 0.717) is 35.6 Å². The molecule has 124 valence electrons. The Hall–Kier alpha value is -0.570. The van der Waals surface area contributed by atoms with Crippen LogP contribution in [0.15, 0.2) is 0 Å². The van der Waals surface area contributed by atoms with Crippen molar-refractivity contribution < 1.29 is 4.79 Å². The van der Waals surface area contributed by atoms with E-state index in [4.69, 9.17) is 0 Å². The smallest absolute Gasteiger partial charge is 0.222 e. The molecule has 1 aliphatic heterocycles. The van der Waals surface area contributed by atoms with Gasteiger partial charge in [0, 0.05) is 25.6 Å². The summed E-state index contributed by atoms with van der Waals surface area (Å²) in [7, 11) is 0. The lowest BCUT2D eigenvalue weighted by Gasteiger charge is -2.38. The summed E-state index contributed by atoms with van der Waals surface area (Å²) in [5.41, 5.74) is 0.310. The molecule has 21 heavy (non-hydrogen) atoms. The molecule has 0 aromatic rings. The Bertz CT molecular complexity index is 322. The van der Waals surface area contributed by atoms with Crippen LogP contribution in [0.2, 0.25) is 0 Å². The Kier molecular flexibility index (Phi) is 7.19. The molecule has 0 aliphatic carbocycles. The highest BCUT2D eigenvalue weighted by Crippen LogP contribution is 2.27. The summed E-state index contributed by atoms with van der Waals surface area (Å²) in [6, 6.07) is 0.584. The van der Waals surface area contributed by atoms with Crippen molar-refractivity contribution in [3.63, 3.8) is 0 Å². The first-order chi connectivity index (χ1) is 9.73. The number of carbonyl (C=O) groups excluding carboxylic acids is 1.